The summed E-state index contributed by atoms with van der Waals surface area (Å²) in [6.45, 7) is 14.2. The van der Waals surface area contributed by atoms with E-state index in [-0.39, 0.29) is 26.3 Å². The minimum atomic E-state index is -4.76. The molecule has 7 atom stereocenters. The molecule has 13 aromatic rings. The van der Waals surface area contributed by atoms with Gasteiger partial charge in [0.1, 0.15) is 60.0 Å². The quantitative estimate of drug-likeness (QED) is 0.0133. The van der Waals surface area contributed by atoms with Crippen LogP contribution in [0.1, 0.15) is 95.0 Å². The van der Waals surface area contributed by atoms with Crippen molar-refractivity contribution in [2.75, 3.05) is 85.2 Å². The first-order valence-electron chi connectivity index (χ1n) is 40.8. The number of aliphatic hydroxyl groups is 3. The SMILES string of the molecule is C.CCO.CC[C@@H]([C@H](C)OP(=O)(O)O)n1ncn(-c2ccc(N3CCN(c4ccc(-c5ccc(C(F)(F)[C@](O)(Cn6cnnn6)c6ccc(F)cc6F)nc5)cc4)CC3)cc2)c1=O.CC[C@@H]([C@H](C)OP(C)(=O)OCc1ccccc1)n1ncn(-c2ccc(N3CCN(c4ccc(-c5ccc(C(F)(F)[C@](O)(Cn6cnnn6)c6ccc(F)cc6F)nc5)cc4)CC3)cc2)c1=O.N=O. The predicted molar refractivity (Wildman–Crippen MR) is 470 cm³/mol. The molecule has 0 saturated carbocycles. The summed E-state index contributed by atoms with van der Waals surface area (Å²) in [7, 11) is -8.21. The second-order valence-corrected chi connectivity index (χ2v) is 33.6. The molecule has 0 aliphatic carbocycles. The van der Waals surface area contributed by atoms with E-state index in [2.05, 4.69) is 76.4 Å². The molecule has 0 bridgehead atoms. The number of nitroso groups, excluding NO2 is 1. The number of aromatic nitrogens is 16. The van der Waals surface area contributed by atoms with Gasteiger partial charge in [0, 0.05) is 135 Å². The summed E-state index contributed by atoms with van der Waals surface area (Å²) >= 11 is 0. The predicted octanol–water partition coefficient (Wildman–Crippen LogP) is 13.5. The molecular formula is C87H97F8N21O13P2. The van der Waals surface area contributed by atoms with Gasteiger partial charge in [-0.25, -0.2) is 59.6 Å². The number of hydrogen-bond donors (Lipinski definition) is 6. The molecule has 2 aliphatic rings. The van der Waals surface area contributed by atoms with Gasteiger partial charge in [-0.3, -0.25) is 19.1 Å². The third-order valence-electron chi connectivity index (χ3n) is 22.1. The maximum atomic E-state index is 16.3. The van der Waals surface area contributed by atoms with Crippen molar-refractivity contribution in [1.82, 2.24) is 79.1 Å². The number of alkyl halides is 4. The molecule has 6 N–H and O–H groups in total. The lowest BCUT2D eigenvalue weighted by Crippen LogP contribution is -2.48. The minimum absolute atomic E-state index is 0. The Morgan fingerprint density at radius 1 is 0.473 bits per heavy atom. The number of tetrazole rings is 2. The van der Waals surface area contributed by atoms with E-state index < -0.39 is 127 Å². The smallest absolute Gasteiger partial charge is 0.397 e. The summed E-state index contributed by atoms with van der Waals surface area (Å²) < 4.78 is 170. The zero-order chi connectivity index (χ0) is 93.5. The Morgan fingerprint density at radius 2 is 0.809 bits per heavy atom. The van der Waals surface area contributed by atoms with Crippen molar-refractivity contribution in [1.29, 1.82) is 5.59 Å². The molecule has 2 aliphatic heterocycles. The van der Waals surface area contributed by atoms with Crippen LogP contribution >= 0.6 is 15.4 Å². The number of piperazine rings is 2. The summed E-state index contributed by atoms with van der Waals surface area (Å²) in [5.41, 5.74) is 2.23. The Balaban J connectivity index is 0.000000241. The van der Waals surface area contributed by atoms with E-state index in [4.69, 9.17) is 23.6 Å². The summed E-state index contributed by atoms with van der Waals surface area (Å²) in [5.74, 6) is -13.1. The van der Waals surface area contributed by atoms with E-state index in [0.29, 0.717) is 84.8 Å². The lowest BCUT2D eigenvalue weighted by Gasteiger charge is -2.37. The highest BCUT2D eigenvalue weighted by Crippen LogP contribution is 2.51. The van der Waals surface area contributed by atoms with Gasteiger partial charge < -0.3 is 53.8 Å². The first-order chi connectivity index (χ1) is 62.1. The molecule has 2 fully saturated rings. The first kappa shape index (κ1) is 98.8. The van der Waals surface area contributed by atoms with Crippen LogP contribution in [-0.2, 0) is 65.4 Å². The number of rotatable bonds is 31. The van der Waals surface area contributed by atoms with Crippen molar-refractivity contribution in [3.63, 3.8) is 0 Å². The summed E-state index contributed by atoms with van der Waals surface area (Å²) in [6.07, 6.45) is 6.56. The molecule has 1 unspecified atom stereocenters. The van der Waals surface area contributed by atoms with Gasteiger partial charge in [0.2, 0.25) is 0 Å². The first-order valence-corrected chi connectivity index (χ1v) is 44.4. The van der Waals surface area contributed by atoms with Gasteiger partial charge in [-0.1, -0.05) is 93.6 Å². The molecular weight excluding hydrogens is 1760 g/mol. The molecule has 694 valence electrons. The molecule has 15 rings (SSSR count). The minimum Gasteiger partial charge on any atom is -0.397 e. The van der Waals surface area contributed by atoms with Crippen molar-refractivity contribution >= 4 is 38.2 Å². The zero-order valence-corrected chi connectivity index (χ0v) is 72.7. The van der Waals surface area contributed by atoms with Crippen LogP contribution in [0.5, 0.6) is 0 Å². The van der Waals surface area contributed by atoms with Crippen LogP contribution < -0.4 is 31.0 Å². The Morgan fingerprint density at radius 3 is 1.12 bits per heavy atom. The number of hydrogen-bond acceptors (Lipinski definition) is 26. The number of benzene rings is 7. The Labute approximate surface area is 746 Å². The highest BCUT2D eigenvalue weighted by molar-refractivity contribution is 7.53. The number of halogens is 8. The van der Waals surface area contributed by atoms with Crippen LogP contribution in [0.4, 0.5) is 57.9 Å². The van der Waals surface area contributed by atoms with Gasteiger partial charge in [-0.15, -0.1) is 10.2 Å². The average molecular weight is 1860 g/mol. The zero-order valence-electron chi connectivity index (χ0n) is 70.9. The molecule has 7 aromatic carbocycles. The Hall–Kier alpha value is -12.8. The summed E-state index contributed by atoms with van der Waals surface area (Å²) in [4.78, 5) is 69.7. The summed E-state index contributed by atoms with van der Waals surface area (Å²) in [6, 6.07) is 47.3. The number of phosphoric acid groups is 1. The average Bonchev–Trinajstić information content (AvgIpc) is 1.29. The number of phosphoric ester groups is 1. The lowest BCUT2D eigenvalue weighted by atomic mass is 9.84. The second kappa shape index (κ2) is 42.9. The maximum Gasteiger partial charge on any atom is 0.469 e. The van der Waals surface area contributed by atoms with Crippen LogP contribution in [0.3, 0.4) is 0 Å². The van der Waals surface area contributed by atoms with Gasteiger partial charge in [-0.05, 0) is 180 Å². The lowest BCUT2D eigenvalue weighted by molar-refractivity contribution is -0.207. The van der Waals surface area contributed by atoms with Gasteiger partial charge >= 0.3 is 38.6 Å². The number of aliphatic hydroxyl groups excluding tert-OH is 1. The van der Waals surface area contributed by atoms with E-state index in [1.54, 1.807) is 32.9 Å². The standard InChI is InChI=1S/C46H47F4N10O5P.C38H39F4N10O6P.C2H6O.CH4.HNO/c1-4-42(32(2)65-66(3,63)64-28-33-8-6-5-7-9-33)60-44(61)59(31-53-60)39-18-16-38(17-19-39)57-24-22-56(23-25-57)37-14-10-34(11-15-37)35-12-21-43(51-27-35)46(49,50)45(62,29-58-30-52-54-55-58)40-20-13-36(47)26-41(40)48;1-3-34(25(2)58-59(55,56)57)52-36(53)51(24-45-52)31-12-10-30(11-13-31)49-18-16-48(17-19-49)29-8-4-26(5-9-29)27-6-15-35(43-21-27)38(41,42)37(54,22-50-23-44-46-47-50)32-14-7-28(39)20-33(32)40;1-2-3;;1-2/h5-21,26-27,30-32,42,62H,4,22-25,28-29H2,1-3H3;4-15,20-21,23-25,34,54H,3,16-19,22H2,1-2H3,(H2,55,56,57);3H,2H2,1H3;1H4;1H/t32-,42-,45-,66?;25-,34-,37-;;;/m00.../s1. The van der Waals surface area contributed by atoms with E-state index >= 15 is 17.6 Å². The van der Waals surface area contributed by atoms with Crippen molar-refractivity contribution < 1.29 is 82.9 Å². The van der Waals surface area contributed by atoms with Crippen molar-refractivity contribution in [3.8, 4) is 33.6 Å². The number of nitrogens with zero attached hydrogens (tertiary/aromatic N) is 20. The van der Waals surface area contributed by atoms with Crippen LogP contribution in [0, 0.1) is 33.8 Å². The van der Waals surface area contributed by atoms with Crippen LogP contribution in [0.25, 0.3) is 33.6 Å². The monoisotopic (exact) mass is 1860 g/mol. The van der Waals surface area contributed by atoms with E-state index in [9.17, 15) is 56.3 Å². The largest absolute Gasteiger partial charge is 0.469 e. The van der Waals surface area contributed by atoms with Crippen LogP contribution in [-0.4, -0.2) is 182 Å². The number of nitrogens with one attached hydrogen (secondary N) is 1. The normalized spacial score (nSPS) is 15.4. The summed E-state index contributed by atoms with van der Waals surface area (Å²) in [5, 5.41) is 59.8. The van der Waals surface area contributed by atoms with Crippen molar-refractivity contribution in [3.05, 3.63) is 303 Å². The molecule has 0 amide bonds. The van der Waals surface area contributed by atoms with Gasteiger partial charge in [0.15, 0.2) is 11.2 Å². The fourth-order valence-electron chi connectivity index (χ4n) is 15.4. The molecule has 34 nitrogen and oxygen atoms in total. The Bertz CT molecular complexity index is 6090. The van der Waals surface area contributed by atoms with Crippen LogP contribution in [0.15, 0.2) is 235 Å². The molecule has 44 heteroatoms. The fourth-order valence-corrected chi connectivity index (χ4v) is 17.1. The van der Waals surface area contributed by atoms with E-state index in [1.165, 1.54) is 69.3 Å². The highest BCUT2D eigenvalue weighted by Gasteiger charge is 2.59. The van der Waals surface area contributed by atoms with E-state index in [0.717, 1.165) is 113 Å². The van der Waals surface area contributed by atoms with Gasteiger partial charge in [-0.2, -0.15) is 32.7 Å². The molecule has 6 aromatic heterocycles. The maximum absolute atomic E-state index is 16.3. The Kier molecular flexibility index (Phi) is 32.3. The molecule has 8 heterocycles. The fraction of sp³-hybridized carbons (Fsp3) is 0.333. The second-order valence-electron chi connectivity index (χ2n) is 30.4. The van der Waals surface area contributed by atoms with Crippen molar-refractivity contribution in [2.24, 2.45) is 0 Å². The molecule has 0 radical (unpaired) electrons. The van der Waals surface area contributed by atoms with Gasteiger partial charge in [0.05, 0.1) is 55.4 Å². The highest BCUT2D eigenvalue weighted by atomic mass is 31.2. The third-order valence-corrected chi connectivity index (χ3v) is 24.0. The number of pyridine rings is 2. The number of anilines is 4. The van der Waals surface area contributed by atoms with E-state index in [1.807, 2.05) is 122 Å². The molecule has 131 heavy (non-hydrogen) atoms. The van der Waals surface area contributed by atoms with Crippen LogP contribution in [0.2, 0.25) is 0 Å². The van der Waals surface area contributed by atoms with Gasteiger partial charge in [0.25, 0.3) is 0 Å². The van der Waals surface area contributed by atoms with Crippen molar-refractivity contribution in [2.45, 2.75) is 122 Å². The third kappa shape index (κ3) is 22.8. The molecule has 2 saturated heterocycles. The molecule has 0 spiro atoms. The topological polar surface area (TPSA) is 409 Å².